The van der Waals surface area contributed by atoms with Gasteiger partial charge in [-0.25, -0.2) is 0 Å². The first-order valence-electron chi connectivity index (χ1n) is 27.5. The minimum Gasteiger partial charge on any atom is -0.462 e. The van der Waals surface area contributed by atoms with Crippen LogP contribution < -0.4 is 0 Å². The number of ether oxygens (including phenoxy) is 3. The highest BCUT2D eigenvalue weighted by Crippen LogP contribution is 2.17. The first-order chi connectivity index (χ1) is 30.0. The van der Waals surface area contributed by atoms with Gasteiger partial charge in [0.05, 0.1) is 0 Å². The molecule has 0 aromatic rings. The molecule has 1 unspecified atom stereocenters. The predicted octanol–water partition coefficient (Wildman–Crippen LogP) is 18.0. The van der Waals surface area contributed by atoms with Crippen LogP contribution in [0.5, 0.6) is 0 Å². The lowest BCUT2D eigenvalue weighted by molar-refractivity contribution is -0.167. The van der Waals surface area contributed by atoms with E-state index in [1.54, 1.807) is 0 Å². The fraction of sp³-hybridized carbons (Fsp3) is 0.945. The van der Waals surface area contributed by atoms with Crippen LogP contribution in [0.1, 0.15) is 316 Å². The van der Waals surface area contributed by atoms with E-state index in [0.29, 0.717) is 19.3 Å². The van der Waals surface area contributed by atoms with Crippen LogP contribution in [-0.2, 0) is 28.6 Å². The zero-order chi connectivity index (χ0) is 44.4. The fourth-order valence-corrected chi connectivity index (χ4v) is 8.45. The molecule has 0 fully saturated rings. The van der Waals surface area contributed by atoms with Crippen molar-refractivity contribution in [3.63, 3.8) is 0 Å². The van der Waals surface area contributed by atoms with E-state index in [0.717, 1.165) is 57.8 Å². The highest BCUT2D eigenvalue weighted by molar-refractivity contribution is 5.71. The van der Waals surface area contributed by atoms with E-state index in [1.165, 1.54) is 218 Å². The van der Waals surface area contributed by atoms with Gasteiger partial charge < -0.3 is 14.2 Å². The molecule has 0 radical (unpaired) electrons. The Balaban J connectivity index is 4.21. The second kappa shape index (κ2) is 51.0. The Hall–Kier alpha value is -1.59. The van der Waals surface area contributed by atoms with Gasteiger partial charge in [-0.05, 0) is 19.3 Å². The third kappa shape index (κ3) is 49.3. The molecule has 0 saturated carbocycles. The molecule has 0 aliphatic carbocycles. The maximum atomic E-state index is 12.8. The van der Waals surface area contributed by atoms with Gasteiger partial charge in [0.15, 0.2) is 6.10 Å². The molecule has 0 aliphatic rings. The van der Waals surface area contributed by atoms with Crippen LogP contribution in [0.25, 0.3) is 0 Å². The third-order valence-corrected chi connectivity index (χ3v) is 12.6. The number of esters is 3. The van der Waals surface area contributed by atoms with Gasteiger partial charge in [-0.1, -0.05) is 278 Å². The number of carbonyl (C=O) groups is 3. The van der Waals surface area contributed by atoms with Gasteiger partial charge in [0.1, 0.15) is 13.2 Å². The summed E-state index contributed by atoms with van der Waals surface area (Å²) >= 11 is 0. The topological polar surface area (TPSA) is 78.9 Å². The smallest absolute Gasteiger partial charge is 0.306 e. The van der Waals surface area contributed by atoms with E-state index >= 15 is 0 Å². The maximum Gasteiger partial charge on any atom is 0.306 e. The molecule has 0 aliphatic heterocycles. The highest BCUT2D eigenvalue weighted by Gasteiger charge is 2.19. The van der Waals surface area contributed by atoms with E-state index in [-0.39, 0.29) is 31.1 Å². The Morgan fingerprint density at radius 2 is 0.443 bits per heavy atom. The van der Waals surface area contributed by atoms with Crippen LogP contribution in [0.4, 0.5) is 0 Å². The number of rotatable bonds is 51. The van der Waals surface area contributed by atoms with E-state index < -0.39 is 6.10 Å². The summed E-state index contributed by atoms with van der Waals surface area (Å²) in [6.45, 7) is 6.68. The van der Waals surface area contributed by atoms with Crippen molar-refractivity contribution in [3.8, 4) is 0 Å². The number of unbranched alkanes of at least 4 members (excludes halogenated alkanes) is 40. The van der Waals surface area contributed by atoms with Crippen molar-refractivity contribution in [2.24, 2.45) is 0 Å². The number of hydrogen-bond acceptors (Lipinski definition) is 6. The lowest BCUT2D eigenvalue weighted by atomic mass is 10.0. The standard InChI is InChI=1S/C55H106O6/c1-4-7-10-13-16-19-22-24-25-26-27-28-29-30-31-34-36-39-42-45-48-54(57)60-51-52(50-59-53(56)47-44-41-38-35-32-21-18-15-12-9-6-3)61-55(58)49-46-43-40-37-33-23-20-17-14-11-8-5-2/h52H,4-51H2,1-3H3. The molecule has 1 atom stereocenters. The van der Waals surface area contributed by atoms with Gasteiger partial charge in [0.2, 0.25) is 0 Å². The maximum absolute atomic E-state index is 12.8. The molecule has 0 aromatic heterocycles. The van der Waals surface area contributed by atoms with Crippen molar-refractivity contribution >= 4 is 17.9 Å². The third-order valence-electron chi connectivity index (χ3n) is 12.6. The SMILES string of the molecule is CCCCCCCCCCCCCCCCCCCCCCC(=O)OCC(COC(=O)CCCCCCCCCCCCC)OC(=O)CCCCCCCCCCCCCC. The first kappa shape index (κ1) is 59.4. The Labute approximate surface area is 380 Å². The van der Waals surface area contributed by atoms with E-state index in [1.807, 2.05) is 0 Å². The lowest BCUT2D eigenvalue weighted by Gasteiger charge is -2.18. The second-order valence-electron chi connectivity index (χ2n) is 18.9. The van der Waals surface area contributed by atoms with Crippen molar-refractivity contribution < 1.29 is 28.6 Å². The number of carbonyl (C=O) groups excluding carboxylic acids is 3. The molecule has 0 heterocycles. The Morgan fingerprint density at radius 3 is 0.656 bits per heavy atom. The first-order valence-corrected chi connectivity index (χ1v) is 27.5. The molecule has 0 aromatic carbocycles. The molecule has 0 amide bonds. The van der Waals surface area contributed by atoms with Crippen LogP contribution in [0.2, 0.25) is 0 Å². The molecule has 0 rings (SSSR count). The van der Waals surface area contributed by atoms with E-state index in [2.05, 4.69) is 20.8 Å². The van der Waals surface area contributed by atoms with Crippen molar-refractivity contribution in [3.05, 3.63) is 0 Å². The van der Waals surface area contributed by atoms with Gasteiger partial charge in [-0.2, -0.15) is 0 Å². The van der Waals surface area contributed by atoms with E-state index in [4.69, 9.17) is 14.2 Å². The van der Waals surface area contributed by atoms with Gasteiger partial charge in [0.25, 0.3) is 0 Å². The summed E-state index contributed by atoms with van der Waals surface area (Å²) in [6.07, 6.45) is 55.2. The molecule has 0 spiro atoms. The van der Waals surface area contributed by atoms with E-state index in [9.17, 15) is 14.4 Å². The van der Waals surface area contributed by atoms with Crippen LogP contribution >= 0.6 is 0 Å². The number of hydrogen-bond donors (Lipinski definition) is 0. The summed E-state index contributed by atoms with van der Waals surface area (Å²) in [7, 11) is 0. The molecule has 362 valence electrons. The second-order valence-corrected chi connectivity index (χ2v) is 18.9. The van der Waals surface area contributed by atoms with Crippen molar-refractivity contribution in [1.82, 2.24) is 0 Å². The summed E-state index contributed by atoms with van der Waals surface area (Å²) in [4.78, 5) is 38.0. The summed E-state index contributed by atoms with van der Waals surface area (Å²) in [5.41, 5.74) is 0. The molecule has 0 saturated heterocycles. The molecule has 0 N–H and O–H groups in total. The Kier molecular flexibility index (Phi) is 49.7. The van der Waals surface area contributed by atoms with Crippen molar-refractivity contribution in [2.45, 2.75) is 322 Å². The summed E-state index contributed by atoms with van der Waals surface area (Å²) in [5.74, 6) is -0.839. The molecular weight excluding hydrogens is 757 g/mol. The average molecular weight is 863 g/mol. The Bertz CT molecular complexity index is 905. The fourth-order valence-electron chi connectivity index (χ4n) is 8.45. The largest absolute Gasteiger partial charge is 0.462 e. The zero-order valence-corrected chi connectivity index (χ0v) is 41.5. The summed E-state index contributed by atoms with van der Waals surface area (Å²) < 4.78 is 16.8. The summed E-state index contributed by atoms with van der Waals surface area (Å²) in [5, 5.41) is 0. The predicted molar refractivity (Wildman–Crippen MR) is 261 cm³/mol. The summed E-state index contributed by atoms with van der Waals surface area (Å²) in [6, 6.07) is 0. The Morgan fingerprint density at radius 1 is 0.262 bits per heavy atom. The van der Waals surface area contributed by atoms with Gasteiger partial charge in [-0.15, -0.1) is 0 Å². The quantitative estimate of drug-likeness (QED) is 0.0344. The molecule has 0 bridgehead atoms. The van der Waals surface area contributed by atoms with Crippen molar-refractivity contribution in [2.75, 3.05) is 13.2 Å². The monoisotopic (exact) mass is 863 g/mol. The molecular formula is C55H106O6. The normalized spacial score (nSPS) is 11.9. The highest BCUT2D eigenvalue weighted by atomic mass is 16.6. The van der Waals surface area contributed by atoms with Crippen LogP contribution in [0.3, 0.4) is 0 Å². The van der Waals surface area contributed by atoms with Crippen molar-refractivity contribution in [1.29, 1.82) is 0 Å². The average Bonchev–Trinajstić information content (AvgIpc) is 3.26. The molecule has 6 nitrogen and oxygen atoms in total. The van der Waals surface area contributed by atoms with Crippen LogP contribution in [0.15, 0.2) is 0 Å². The molecule has 61 heavy (non-hydrogen) atoms. The van der Waals surface area contributed by atoms with Crippen LogP contribution in [0, 0.1) is 0 Å². The van der Waals surface area contributed by atoms with Gasteiger partial charge in [0, 0.05) is 19.3 Å². The molecule has 6 heteroatoms. The minimum atomic E-state index is -0.759. The zero-order valence-electron chi connectivity index (χ0n) is 41.5. The minimum absolute atomic E-state index is 0.0616. The lowest BCUT2D eigenvalue weighted by Crippen LogP contribution is -2.30. The van der Waals surface area contributed by atoms with Gasteiger partial charge in [-0.3, -0.25) is 14.4 Å². The van der Waals surface area contributed by atoms with Gasteiger partial charge >= 0.3 is 17.9 Å². The van der Waals surface area contributed by atoms with Crippen LogP contribution in [-0.4, -0.2) is 37.2 Å².